The number of carbonyl (C=O) groups is 6. The molecule has 0 aliphatic carbocycles. The Morgan fingerprint density at radius 1 is 0.696 bits per heavy atom. The Labute approximate surface area is 439 Å². The van der Waals surface area contributed by atoms with E-state index in [0.717, 1.165) is 24.6 Å². The van der Waals surface area contributed by atoms with Gasteiger partial charge >= 0.3 is 103 Å². The maximum atomic E-state index is 10.2. The Balaban J connectivity index is -0.0000000523. The van der Waals surface area contributed by atoms with E-state index in [1.165, 1.54) is 95.9 Å². The van der Waals surface area contributed by atoms with Crippen molar-refractivity contribution in [2.24, 2.45) is 17.2 Å². The van der Waals surface area contributed by atoms with Crippen LogP contribution in [0.15, 0.2) is 59.8 Å². The number of fused-ring (bicyclic) bond motifs is 1. The van der Waals surface area contributed by atoms with Crippen LogP contribution in [-0.4, -0.2) is 58.6 Å². The molecule has 2 amide bonds. The summed E-state index contributed by atoms with van der Waals surface area (Å²) in [6, 6.07) is 15.4. The summed E-state index contributed by atoms with van der Waals surface area (Å²) in [6.45, 7) is 19.4. The molecule has 0 bridgehead atoms. The van der Waals surface area contributed by atoms with Crippen LogP contribution in [0.25, 0.3) is 10.8 Å². The zero-order valence-corrected chi connectivity index (χ0v) is 43.4. The second-order valence-electron chi connectivity index (χ2n) is 11.1. The predicted octanol–water partition coefficient (Wildman–Crippen LogP) is 4.01. The van der Waals surface area contributed by atoms with Gasteiger partial charge in [0.05, 0.1) is 5.03 Å². The molecule has 0 unspecified atom stereocenters. The minimum Gasteiger partial charge on any atom is -1.00 e. The number of ketones is 2. The van der Waals surface area contributed by atoms with E-state index < -0.39 is 0 Å². The quantitative estimate of drug-likeness (QED) is 0.0733. The summed E-state index contributed by atoms with van der Waals surface area (Å²) >= 11 is 5.75. The van der Waals surface area contributed by atoms with Crippen LogP contribution >= 0.6 is 24.4 Å². The molecule has 0 saturated heterocycles. The number of thioether (sulfide) groups is 1. The van der Waals surface area contributed by atoms with Crippen molar-refractivity contribution in [3.63, 3.8) is 0 Å². The third kappa shape index (κ3) is 62.7. The number of amides is 2. The fraction of sp³-hybridized carbons (Fsp3) is 0.524. The summed E-state index contributed by atoms with van der Waals surface area (Å²) in [5.41, 5.74) is 15.0. The summed E-state index contributed by atoms with van der Waals surface area (Å²) in [5, 5.41) is 4.23. The number of carbonyl (C=O) groups excluding carboxylic acids is 6. The van der Waals surface area contributed by atoms with E-state index in [0.29, 0.717) is 23.7 Å². The second kappa shape index (κ2) is 58.8. The van der Waals surface area contributed by atoms with Crippen molar-refractivity contribution in [2.45, 2.75) is 134 Å². The molecule has 0 saturated carbocycles. The van der Waals surface area contributed by atoms with Gasteiger partial charge in [0, 0.05) is 48.5 Å². The number of hydrogen-bond acceptors (Lipinski definition) is 9. The van der Waals surface area contributed by atoms with Crippen LogP contribution in [0, 0.1) is 0 Å². The number of unbranched alkanes of at least 4 members (excludes halogenated alkanes) is 4. The van der Waals surface area contributed by atoms with Gasteiger partial charge in [0.15, 0.2) is 12.6 Å². The fourth-order valence-electron chi connectivity index (χ4n) is 3.30. The molecule has 6 N–H and O–H groups in total. The molecule has 56 heavy (non-hydrogen) atoms. The van der Waals surface area contributed by atoms with Crippen LogP contribution < -0.4 is 120 Å². The summed E-state index contributed by atoms with van der Waals surface area (Å²) in [5.74, 6) is 1.75. The van der Waals surface area contributed by atoms with Crippen molar-refractivity contribution in [2.75, 3.05) is 18.1 Å². The normalized spacial score (nSPS) is 8.07. The first kappa shape index (κ1) is 76.3. The summed E-state index contributed by atoms with van der Waals surface area (Å²) in [4.78, 5) is 57.8. The number of aromatic nitrogens is 1. The number of primary amides is 2. The first-order valence-corrected chi connectivity index (χ1v) is 19.1. The molecule has 0 aliphatic rings. The van der Waals surface area contributed by atoms with Gasteiger partial charge in [-0.05, 0) is 58.6 Å². The van der Waals surface area contributed by atoms with E-state index in [1.54, 1.807) is 24.3 Å². The summed E-state index contributed by atoms with van der Waals surface area (Å²) in [7, 11) is 0. The number of nitrogens with two attached hydrogens (primary N) is 3. The minimum absolute atomic E-state index is 0. The van der Waals surface area contributed by atoms with E-state index in [2.05, 4.69) is 79.9 Å². The van der Waals surface area contributed by atoms with Gasteiger partial charge in [-0.25, -0.2) is 0 Å². The molecular formula is C42H78K2N4O6S2. The maximum absolute atomic E-state index is 10.2. The van der Waals surface area contributed by atoms with Gasteiger partial charge < -0.3 is 34.2 Å². The Kier molecular flexibility index (Phi) is 80.1. The Morgan fingerprint density at radius 3 is 1.34 bits per heavy atom. The molecular weight excluding hydrogens is 799 g/mol. The average molecular weight is 877 g/mol. The largest absolute Gasteiger partial charge is 1.00 e. The summed E-state index contributed by atoms with van der Waals surface area (Å²) in [6.07, 6.45) is 11.3. The van der Waals surface area contributed by atoms with Crippen LogP contribution in [0.2, 0.25) is 0 Å². The zero-order chi connectivity index (χ0) is 41.3. The van der Waals surface area contributed by atoms with Crippen LogP contribution in [0.4, 0.5) is 0 Å². The number of aldehydes is 2. The van der Waals surface area contributed by atoms with Gasteiger partial charge in [-0.3, -0.25) is 19.2 Å². The Hall–Kier alpha value is -0.467. The third-order valence-corrected chi connectivity index (χ3v) is 6.10. The van der Waals surface area contributed by atoms with E-state index >= 15 is 0 Å². The topological polar surface area (TPSA) is 185 Å². The molecule has 0 radical (unpaired) electrons. The molecule has 3 rings (SSSR count). The standard InChI is InChI=1S/C15H21NS.C8H6O2.C5H13N.2C3H6O.2C2H5NO.C2H6S.2CH4.2K.2H/c1-3-5-8-11-16-12-13-9-6-7-10-14(13)15(16)17-4-2;9-5-7-3-1-2-4-8(7)6-10;1-2-3-4-5-6;2*1-3(2)4;2*1-2(3)4;1-2-3;;;;;;/h6-7,9-10,12H,3-5,8,11H2,1-2H3;1-6H;2-6H2,1H3;2*1-2H3;2*1H3,(H2,3,4);3H,2H2,1H3;2*1H4;;;;/q;;;;;;;;;;2*+1;2*-1. The molecule has 14 heteroatoms. The van der Waals surface area contributed by atoms with Crippen molar-refractivity contribution >= 4 is 71.1 Å². The number of rotatable bonds is 11. The predicted molar refractivity (Wildman–Crippen MR) is 241 cm³/mol. The molecule has 0 aliphatic heterocycles. The van der Waals surface area contributed by atoms with Crippen LogP contribution in [0.3, 0.4) is 0 Å². The fourth-order valence-corrected chi connectivity index (χ4v) is 4.23. The first-order valence-electron chi connectivity index (χ1n) is 17.5. The SMILES string of the molecule is C.C.CC(C)=O.CC(C)=O.CC(N)=O.CC(N)=O.CCCCCN.CCCCCn1cc2ccccc2c1SCC.CCS.O=Cc1ccccc1C=O.[H-].[H-].[K+].[K+]. The van der Waals surface area contributed by atoms with Gasteiger partial charge in [-0.1, -0.05) is 117 Å². The monoisotopic (exact) mass is 876 g/mol. The molecule has 0 spiro atoms. The van der Waals surface area contributed by atoms with Crippen LogP contribution in [-0.2, 0) is 25.7 Å². The Bertz CT molecular complexity index is 1280. The molecule has 1 heterocycles. The van der Waals surface area contributed by atoms with Crippen molar-refractivity contribution in [1.29, 1.82) is 0 Å². The van der Waals surface area contributed by atoms with E-state index in [1.807, 2.05) is 18.7 Å². The van der Waals surface area contributed by atoms with Crippen molar-refractivity contribution in [3.8, 4) is 0 Å². The molecule has 316 valence electrons. The average Bonchev–Trinajstić information content (AvgIpc) is 3.41. The van der Waals surface area contributed by atoms with E-state index in [9.17, 15) is 28.8 Å². The molecule has 0 fully saturated rings. The third-order valence-electron chi connectivity index (χ3n) is 5.09. The number of thiol groups is 1. The molecule has 3 aromatic rings. The molecule has 2 aromatic carbocycles. The van der Waals surface area contributed by atoms with E-state index in [4.69, 9.17) is 5.73 Å². The maximum Gasteiger partial charge on any atom is 1.00 e. The number of Topliss-reactive ketones (excluding diaryl/α,β-unsaturated/α-hetero) is 2. The Morgan fingerprint density at radius 2 is 1.04 bits per heavy atom. The van der Waals surface area contributed by atoms with Gasteiger partial charge in [0.25, 0.3) is 0 Å². The number of benzene rings is 2. The molecule has 10 nitrogen and oxygen atoms in total. The van der Waals surface area contributed by atoms with Crippen LogP contribution in [0.5, 0.6) is 0 Å². The molecule has 1 aromatic heterocycles. The zero-order valence-electron chi connectivity index (χ0n) is 37.4. The van der Waals surface area contributed by atoms with E-state index in [-0.39, 0.29) is 144 Å². The van der Waals surface area contributed by atoms with Crippen LogP contribution in [0.1, 0.15) is 146 Å². The number of nitrogens with zero attached hydrogens (tertiary/aromatic N) is 1. The van der Waals surface area contributed by atoms with Gasteiger partial charge in [0.2, 0.25) is 11.8 Å². The van der Waals surface area contributed by atoms with Gasteiger partial charge in [0.1, 0.15) is 11.6 Å². The molecule has 0 atom stereocenters. The van der Waals surface area contributed by atoms with Gasteiger partial charge in [-0.15, -0.1) is 11.8 Å². The first-order chi connectivity index (χ1) is 24.5. The van der Waals surface area contributed by atoms with Crippen molar-refractivity contribution in [1.82, 2.24) is 4.57 Å². The van der Waals surface area contributed by atoms with Crippen molar-refractivity contribution in [3.05, 3.63) is 65.9 Å². The number of aryl methyl sites for hydroxylation is 1. The van der Waals surface area contributed by atoms with Gasteiger partial charge in [-0.2, -0.15) is 12.6 Å². The second-order valence-corrected chi connectivity index (χ2v) is 13.0. The minimum atomic E-state index is -0.333. The summed E-state index contributed by atoms with van der Waals surface area (Å²) < 4.78 is 2.44. The van der Waals surface area contributed by atoms with Crippen molar-refractivity contribution < 1.29 is 134 Å². The smallest absolute Gasteiger partial charge is 1.00 e. The number of hydrogen-bond donors (Lipinski definition) is 4.